The highest BCUT2D eigenvalue weighted by Gasteiger charge is 2.39. The van der Waals surface area contributed by atoms with Crippen LogP contribution in [0.4, 0.5) is 0 Å². The summed E-state index contributed by atoms with van der Waals surface area (Å²) in [6.07, 6.45) is 0.0896. The average Bonchev–Trinajstić information content (AvgIpc) is 2.37. The van der Waals surface area contributed by atoms with Crippen molar-refractivity contribution in [2.75, 3.05) is 20.7 Å². The number of rotatable bonds is 6. The van der Waals surface area contributed by atoms with E-state index in [4.69, 9.17) is 9.16 Å². The molecule has 0 heterocycles. The molecule has 1 atom stereocenters. The maximum Gasteiger partial charge on any atom is 0.192 e. The Kier molecular flexibility index (Phi) is 5.80. The first-order chi connectivity index (χ1) is 9.21. The van der Waals surface area contributed by atoms with E-state index in [1.165, 1.54) is 5.56 Å². The van der Waals surface area contributed by atoms with Gasteiger partial charge in [0.1, 0.15) is 5.75 Å². The van der Waals surface area contributed by atoms with Crippen LogP contribution in [0.3, 0.4) is 0 Å². The highest BCUT2D eigenvalue weighted by Crippen LogP contribution is 2.39. The number of methoxy groups -OCH3 is 1. The highest BCUT2D eigenvalue weighted by molar-refractivity contribution is 6.74. The summed E-state index contributed by atoms with van der Waals surface area (Å²) in [7, 11) is 1.87. The summed E-state index contributed by atoms with van der Waals surface area (Å²) in [6.45, 7) is 12.2. The molecule has 0 amide bonds. The van der Waals surface area contributed by atoms with Crippen molar-refractivity contribution in [1.82, 2.24) is 5.32 Å². The molecule has 1 N–H and O–H groups in total. The summed E-state index contributed by atoms with van der Waals surface area (Å²) in [5, 5.41) is 3.45. The SMILES string of the molecule is CNC[C@H](O[Si](C)(C)C(C)(C)C)c1ccc(OC)cc1. The second kappa shape index (κ2) is 6.74. The van der Waals surface area contributed by atoms with Crippen LogP contribution in [0, 0.1) is 0 Å². The monoisotopic (exact) mass is 295 g/mol. The molecule has 0 aromatic heterocycles. The van der Waals surface area contributed by atoms with Gasteiger partial charge in [0.05, 0.1) is 13.2 Å². The van der Waals surface area contributed by atoms with Gasteiger partial charge in [0.25, 0.3) is 0 Å². The van der Waals surface area contributed by atoms with Crippen molar-refractivity contribution in [2.24, 2.45) is 0 Å². The van der Waals surface area contributed by atoms with Crippen molar-refractivity contribution >= 4 is 8.32 Å². The van der Waals surface area contributed by atoms with Gasteiger partial charge in [-0.1, -0.05) is 32.9 Å². The van der Waals surface area contributed by atoms with Crippen LogP contribution in [0.5, 0.6) is 5.75 Å². The van der Waals surface area contributed by atoms with Crippen molar-refractivity contribution in [3.05, 3.63) is 29.8 Å². The van der Waals surface area contributed by atoms with E-state index in [2.05, 4.69) is 51.3 Å². The van der Waals surface area contributed by atoms with Gasteiger partial charge < -0.3 is 14.5 Å². The molecule has 3 nitrogen and oxygen atoms in total. The molecule has 0 aliphatic heterocycles. The first kappa shape index (κ1) is 17.2. The van der Waals surface area contributed by atoms with Crippen LogP contribution in [0.15, 0.2) is 24.3 Å². The molecule has 0 spiro atoms. The molecule has 114 valence electrons. The molecule has 1 aromatic rings. The first-order valence-electron chi connectivity index (χ1n) is 7.17. The summed E-state index contributed by atoms with van der Waals surface area (Å²) in [6, 6.07) is 8.17. The number of ether oxygens (including phenoxy) is 1. The summed E-state index contributed by atoms with van der Waals surface area (Å²) < 4.78 is 11.8. The Morgan fingerprint density at radius 2 is 1.70 bits per heavy atom. The Morgan fingerprint density at radius 1 is 1.15 bits per heavy atom. The summed E-state index contributed by atoms with van der Waals surface area (Å²) in [5.41, 5.74) is 1.20. The molecule has 4 heteroatoms. The molecule has 0 saturated heterocycles. The Labute approximate surface area is 124 Å². The quantitative estimate of drug-likeness (QED) is 0.805. The normalized spacial score (nSPS) is 14.2. The molecular formula is C16H29NO2Si. The average molecular weight is 295 g/mol. The van der Waals surface area contributed by atoms with Crippen LogP contribution >= 0.6 is 0 Å². The summed E-state index contributed by atoms with van der Waals surface area (Å²) in [5.74, 6) is 0.879. The number of hydrogen-bond donors (Lipinski definition) is 1. The molecule has 0 fully saturated rings. The van der Waals surface area contributed by atoms with E-state index in [1.54, 1.807) is 7.11 Å². The number of nitrogens with one attached hydrogen (secondary N) is 1. The van der Waals surface area contributed by atoms with Gasteiger partial charge in [-0.25, -0.2) is 0 Å². The van der Waals surface area contributed by atoms with Crippen LogP contribution in [0.1, 0.15) is 32.4 Å². The molecule has 0 aliphatic rings. The predicted molar refractivity (Wildman–Crippen MR) is 87.9 cm³/mol. The van der Waals surface area contributed by atoms with Gasteiger partial charge in [0, 0.05) is 6.54 Å². The number of likely N-dealkylation sites (N-methyl/N-ethyl adjacent to an activating group) is 1. The highest BCUT2D eigenvalue weighted by atomic mass is 28.4. The Hall–Kier alpha value is -0.843. The third-order valence-corrected chi connectivity index (χ3v) is 8.61. The van der Waals surface area contributed by atoms with Crippen molar-refractivity contribution in [1.29, 1.82) is 0 Å². The van der Waals surface area contributed by atoms with Crippen LogP contribution in [-0.4, -0.2) is 29.0 Å². The van der Waals surface area contributed by atoms with Crippen LogP contribution in [0.25, 0.3) is 0 Å². The molecule has 0 unspecified atom stereocenters. The Balaban J connectivity index is 2.93. The Morgan fingerprint density at radius 3 is 2.10 bits per heavy atom. The Bertz CT molecular complexity index is 409. The van der Waals surface area contributed by atoms with Crippen LogP contribution in [0.2, 0.25) is 18.1 Å². The second-order valence-corrected chi connectivity index (χ2v) is 11.5. The fraction of sp³-hybridized carbons (Fsp3) is 0.625. The second-order valence-electron chi connectivity index (χ2n) is 6.70. The van der Waals surface area contributed by atoms with Crippen molar-refractivity contribution in [3.63, 3.8) is 0 Å². The molecule has 0 saturated carbocycles. The van der Waals surface area contributed by atoms with Gasteiger partial charge >= 0.3 is 0 Å². The molecule has 0 bridgehead atoms. The van der Waals surface area contributed by atoms with Crippen molar-refractivity contribution < 1.29 is 9.16 Å². The van der Waals surface area contributed by atoms with E-state index in [0.29, 0.717) is 0 Å². The fourth-order valence-electron chi connectivity index (χ4n) is 1.76. The molecule has 1 rings (SSSR count). The molecule has 20 heavy (non-hydrogen) atoms. The van der Waals surface area contributed by atoms with Gasteiger partial charge in [-0.3, -0.25) is 0 Å². The van der Waals surface area contributed by atoms with E-state index in [1.807, 2.05) is 19.2 Å². The fourth-order valence-corrected chi connectivity index (χ4v) is 3.05. The van der Waals surface area contributed by atoms with Gasteiger partial charge in [-0.05, 0) is 42.9 Å². The smallest absolute Gasteiger partial charge is 0.192 e. The van der Waals surface area contributed by atoms with Crippen molar-refractivity contribution in [3.8, 4) is 5.75 Å². The lowest BCUT2D eigenvalue weighted by molar-refractivity contribution is 0.183. The first-order valence-corrected chi connectivity index (χ1v) is 10.1. The molecule has 0 radical (unpaired) electrons. The van der Waals surface area contributed by atoms with Crippen LogP contribution in [-0.2, 0) is 4.43 Å². The van der Waals surface area contributed by atoms with Gasteiger partial charge in [0.2, 0.25) is 0 Å². The van der Waals surface area contributed by atoms with E-state index in [-0.39, 0.29) is 11.1 Å². The number of hydrogen-bond acceptors (Lipinski definition) is 3. The topological polar surface area (TPSA) is 30.5 Å². The summed E-state index contributed by atoms with van der Waals surface area (Å²) >= 11 is 0. The van der Waals surface area contributed by atoms with E-state index < -0.39 is 8.32 Å². The minimum Gasteiger partial charge on any atom is -0.497 e. The molecule has 1 aromatic carbocycles. The largest absolute Gasteiger partial charge is 0.497 e. The van der Waals surface area contributed by atoms with Crippen LogP contribution < -0.4 is 10.1 Å². The minimum absolute atomic E-state index is 0.0896. The zero-order chi connectivity index (χ0) is 15.4. The van der Waals surface area contributed by atoms with Crippen molar-refractivity contribution in [2.45, 2.75) is 45.0 Å². The molecule has 0 aliphatic carbocycles. The zero-order valence-electron chi connectivity index (χ0n) is 13.9. The number of benzene rings is 1. The minimum atomic E-state index is -1.78. The lowest BCUT2D eigenvalue weighted by atomic mass is 10.1. The lowest BCUT2D eigenvalue weighted by Gasteiger charge is -2.39. The van der Waals surface area contributed by atoms with Gasteiger partial charge in [-0.15, -0.1) is 0 Å². The predicted octanol–water partition coefficient (Wildman–Crippen LogP) is 3.98. The third-order valence-electron chi connectivity index (χ3n) is 4.12. The standard InChI is InChI=1S/C16H29NO2Si/c1-16(2,3)20(6,7)19-15(12-17-4)13-8-10-14(18-5)11-9-13/h8-11,15,17H,12H2,1-7H3/t15-/m0/s1. The molecular weight excluding hydrogens is 266 g/mol. The van der Waals surface area contributed by atoms with Gasteiger partial charge in [-0.2, -0.15) is 0 Å². The lowest BCUT2D eigenvalue weighted by Crippen LogP contribution is -2.43. The van der Waals surface area contributed by atoms with E-state index in [0.717, 1.165) is 12.3 Å². The zero-order valence-corrected chi connectivity index (χ0v) is 14.9. The van der Waals surface area contributed by atoms with E-state index in [9.17, 15) is 0 Å². The van der Waals surface area contributed by atoms with Gasteiger partial charge in [0.15, 0.2) is 8.32 Å². The summed E-state index contributed by atoms with van der Waals surface area (Å²) in [4.78, 5) is 0. The maximum atomic E-state index is 6.54. The maximum absolute atomic E-state index is 6.54. The third kappa shape index (κ3) is 4.33. The van der Waals surface area contributed by atoms with E-state index >= 15 is 0 Å².